The van der Waals surface area contributed by atoms with E-state index in [4.69, 9.17) is 4.74 Å². The third kappa shape index (κ3) is 7.25. The third-order valence-corrected chi connectivity index (χ3v) is 5.10. The summed E-state index contributed by atoms with van der Waals surface area (Å²) in [5.41, 5.74) is 1.44. The number of nitrogens with one attached hydrogen (secondary N) is 1. The van der Waals surface area contributed by atoms with Gasteiger partial charge in [0.15, 0.2) is 5.12 Å². The molecule has 1 aromatic carbocycles. The number of anilines is 1. The lowest BCUT2D eigenvalue weighted by Gasteiger charge is -2.19. The number of alkyl carbamates (subject to hydrolysis) is 1. The number of amides is 2. The van der Waals surface area contributed by atoms with Gasteiger partial charge in [-0.1, -0.05) is 23.9 Å². The topological polar surface area (TPSA) is 75.7 Å². The maximum Gasteiger partial charge on any atom is 0.407 e. The molecule has 1 unspecified atom stereocenters. The van der Waals surface area contributed by atoms with E-state index in [0.717, 1.165) is 11.3 Å². The molecular formula is C20H28N2O4S. The SMILES string of the molecule is CC(=O)SCC1CC(=O)N(c2ccc(CCNC(=O)OC(C)(C)C)cc2)C1. The van der Waals surface area contributed by atoms with Crippen LogP contribution in [0.15, 0.2) is 24.3 Å². The molecule has 2 rings (SSSR count). The molecule has 1 N–H and O–H groups in total. The standard InChI is InChI=1S/C20H28N2O4S/c1-14(23)27-13-16-11-18(24)22(12-16)17-7-5-15(6-8-17)9-10-21-19(25)26-20(2,3)4/h5-8,16H,9-13H2,1-4H3,(H,21,25). The minimum absolute atomic E-state index is 0.0882. The Kier molecular flexibility index (Phi) is 7.30. The number of hydrogen-bond donors (Lipinski definition) is 1. The minimum atomic E-state index is -0.505. The van der Waals surface area contributed by atoms with E-state index in [9.17, 15) is 14.4 Å². The zero-order valence-electron chi connectivity index (χ0n) is 16.4. The van der Waals surface area contributed by atoms with Crippen molar-refractivity contribution < 1.29 is 19.1 Å². The Hall–Kier alpha value is -2.02. The zero-order valence-corrected chi connectivity index (χ0v) is 17.2. The van der Waals surface area contributed by atoms with Gasteiger partial charge in [-0.3, -0.25) is 9.59 Å². The molecule has 148 valence electrons. The van der Waals surface area contributed by atoms with Crippen LogP contribution in [0.3, 0.4) is 0 Å². The number of carbonyl (C=O) groups is 3. The highest BCUT2D eigenvalue weighted by Crippen LogP contribution is 2.27. The average molecular weight is 393 g/mol. The number of rotatable bonds is 6. The van der Waals surface area contributed by atoms with Crippen molar-refractivity contribution in [2.75, 3.05) is 23.7 Å². The molecule has 1 fully saturated rings. The number of hydrogen-bond acceptors (Lipinski definition) is 5. The molecule has 1 aromatic rings. The highest BCUT2D eigenvalue weighted by atomic mass is 32.2. The Morgan fingerprint density at radius 2 is 1.93 bits per heavy atom. The van der Waals surface area contributed by atoms with Crippen LogP contribution in [0.1, 0.15) is 39.7 Å². The van der Waals surface area contributed by atoms with Crippen molar-refractivity contribution in [3.63, 3.8) is 0 Å². The molecule has 6 nitrogen and oxygen atoms in total. The second kappa shape index (κ2) is 9.26. The summed E-state index contributed by atoms with van der Waals surface area (Å²) in [4.78, 5) is 36.8. The summed E-state index contributed by atoms with van der Waals surface area (Å²) in [6.45, 7) is 8.17. The van der Waals surface area contributed by atoms with Gasteiger partial charge in [0.05, 0.1) is 0 Å². The largest absolute Gasteiger partial charge is 0.444 e. The Balaban J connectivity index is 1.82. The fraction of sp³-hybridized carbons (Fsp3) is 0.550. The second-order valence-electron chi connectivity index (χ2n) is 7.72. The normalized spacial score (nSPS) is 17.1. The van der Waals surface area contributed by atoms with E-state index < -0.39 is 11.7 Å². The van der Waals surface area contributed by atoms with E-state index in [1.807, 2.05) is 45.0 Å². The van der Waals surface area contributed by atoms with Crippen LogP contribution in [0.25, 0.3) is 0 Å². The summed E-state index contributed by atoms with van der Waals surface area (Å²) in [5.74, 6) is 0.999. The Morgan fingerprint density at radius 1 is 1.26 bits per heavy atom. The van der Waals surface area contributed by atoms with Gasteiger partial charge in [0.1, 0.15) is 5.60 Å². The molecule has 1 aliphatic rings. The molecule has 0 saturated carbocycles. The summed E-state index contributed by atoms with van der Waals surface area (Å²) in [6.07, 6.45) is 0.754. The predicted molar refractivity (Wildman–Crippen MR) is 108 cm³/mol. The van der Waals surface area contributed by atoms with Crippen LogP contribution in [0.4, 0.5) is 10.5 Å². The lowest BCUT2D eigenvalue weighted by Crippen LogP contribution is -2.33. The Morgan fingerprint density at radius 3 is 2.52 bits per heavy atom. The van der Waals surface area contributed by atoms with Crippen molar-refractivity contribution in [1.82, 2.24) is 5.32 Å². The minimum Gasteiger partial charge on any atom is -0.444 e. The molecular weight excluding hydrogens is 364 g/mol. The van der Waals surface area contributed by atoms with Gasteiger partial charge in [-0.25, -0.2) is 4.79 Å². The number of ether oxygens (including phenoxy) is 1. The number of benzene rings is 1. The maximum atomic E-state index is 12.2. The molecule has 1 saturated heterocycles. The van der Waals surface area contributed by atoms with E-state index in [1.165, 1.54) is 11.8 Å². The van der Waals surface area contributed by atoms with Crippen molar-refractivity contribution in [3.05, 3.63) is 29.8 Å². The predicted octanol–water partition coefficient (Wildman–Crippen LogP) is 3.39. The first-order valence-corrected chi connectivity index (χ1v) is 10.1. The summed E-state index contributed by atoms with van der Waals surface area (Å²) in [5, 5.41) is 2.83. The van der Waals surface area contributed by atoms with Crippen LogP contribution in [0, 0.1) is 5.92 Å². The van der Waals surface area contributed by atoms with Gasteiger partial charge in [0.25, 0.3) is 0 Å². The molecule has 0 aromatic heterocycles. The van der Waals surface area contributed by atoms with Gasteiger partial charge in [0.2, 0.25) is 5.91 Å². The fourth-order valence-corrected chi connectivity index (χ4v) is 3.54. The van der Waals surface area contributed by atoms with Crippen LogP contribution < -0.4 is 10.2 Å². The summed E-state index contributed by atoms with van der Waals surface area (Å²) >= 11 is 1.28. The summed E-state index contributed by atoms with van der Waals surface area (Å²) in [6, 6.07) is 7.80. The molecule has 7 heteroatoms. The first-order chi connectivity index (χ1) is 12.6. The van der Waals surface area contributed by atoms with Gasteiger partial charge < -0.3 is 15.0 Å². The lowest BCUT2D eigenvalue weighted by molar-refractivity contribution is -0.117. The monoisotopic (exact) mass is 392 g/mol. The molecule has 1 aliphatic heterocycles. The zero-order chi connectivity index (χ0) is 20.0. The highest BCUT2D eigenvalue weighted by molar-refractivity contribution is 8.13. The van der Waals surface area contributed by atoms with Crippen molar-refractivity contribution >= 4 is 34.6 Å². The van der Waals surface area contributed by atoms with Crippen LogP contribution in [-0.2, 0) is 20.7 Å². The van der Waals surface area contributed by atoms with Crippen molar-refractivity contribution in [3.8, 4) is 0 Å². The molecule has 27 heavy (non-hydrogen) atoms. The van der Waals surface area contributed by atoms with E-state index >= 15 is 0 Å². The Labute approximate surface area is 165 Å². The maximum absolute atomic E-state index is 12.2. The van der Waals surface area contributed by atoms with Gasteiger partial charge in [-0.15, -0.1) is 0 Å². The fourth-order valence-electron chi connectivity index (χ4n) is 2.84. The third-order valence-electron chi connectivity index (χ3n) is 4.06. The first-order valence-electron chi connectivity index (χ1n) is 9.13. The Bertz CT molecular complexity index is 682. The van der Waals surface area contributed by atoms with E-state index in [0.29, 0.717) is 31.7 Å². The number of thioether (sulfide) groups is 1. The van der Waals surface area contributed by atoms with Crippen LogP contribution in [-0.4, -0.2) is 41.6 Å². The number of nitrogens with zero attached hydrogens (tertiary/aromatic N) is 1. The first kappa shape index (κ1) is 21.3. The van der Waals surface area contributed by atoms with Crippen LogP contribution in [0.2, 0.25) is 0 Å². The molecule has 0 bridgehead atoms. The summed E-state index contributed by atoms with van der Waals surface area (Å²) < 4.78 is 5.20. The highest BCUT2D eigenvalue weighted by Gasteiger charge is 2.30. The average Bonchev–Trinajstić information content (AvgIpc) is 2.93. The second-order valence-corrected chi connectivity index (χ2v) is 8.92. The molecule has 1 atom stereocenters. The molecule has 0 aliphatic carbocycles. The summed E-state index contributed by atoms with van der Waals surface area (Å²) in [7, 11) is 0. The van der Waals surface area contributed by atoms with Crippen LogP contribution >= 0.6 is 11.8 Å². The van der Waals surface area contributed by atoms with E-state index in [-0.39, 0.29) is 16.9 Å². The molecule has 0 radical (unpaired) electrons. The van der Waals surface area contributed by atoms with Gasteiger partial charge in [0, 0.05) is 37.9 Å². The van der Waals surface area contributed by atoms with Crippen molar-refractivity contribution in [2.45, 2.75) is 46.1 Å². The van der Waals surface area contributed by atoms with E-state index in [1.54, 1.807) is 11.8 Å². The smallest absolute Gasteiger partial charge is 0.407 e. The van der Waals surface area contributed by atoms with Gasteiger partial charge >= 0.3 is 6.09 Å². The number of carbonyl (C=O) groups excluding carboxylic acids is 3. The van der Waals surface area contributed by atoms with Crippen molar-refractivity contribution in [2.24, 2.45) is 5.92 Å². The molecule has 0 spiro atoms. The van der Waals surface area contributed by atoms with Crippen molar-refractivity contribution in [1.29, 1.82) is 0 Å². The molecule has 2 amide bonds. The van der Waals surface area contributed by atoms with Gasteiger partial charge in [-0.05, 0) is 50.8 Å². The van der Waals surface area contributed by atoms with Gasteiger partial charge in [-0.2, -0.15) is 0 Å². The van der Waals surface area contributed by atoms with E-state index in [2.05, 4.69) is 5.32 Å². The quantitative estimate of drug-likeness (QED) is 0.803. The molecule has 1 heterocycles. The van der Waals surface area contributed by atoms with Crippen LogP contribution in [0.5, 0.6) is 0 Å². The lowest BCUT2D eigenvalue weighted by atomic mass is 10.1.